The third kappa shape index (κ3) is 0.996. The molecule has 0 N–H and O–H groups in total. The largest absolute Gasteiger partial charge is 0.465 e. The number of rotatable bonds is 0. The van der Waals surface area contributed by atoms with Crippen LogP contribution in [-0.2, 0) is 14.3 Å². The molecule has 4 aliphatic rings. The zero-order valence-corrected chi connectivity index (χ0v) is 11.1. The number of carbonyl (C=O) groups is 2. The molecule has 0 amide bonds. The molecule has 1 spiro atoms. The Morgan fingerprint density at radius 1 is 1.11 bits per heavy atom. The summed E-state index contributed by atoms with van der Waals surface area (Å²) in [6.45, 7) is 5.01. The van der Waals surface area contributed by atoms with Crippen LogP contribution in [0.3, 0.4) is 0 Å². The number of cyclic esters (lactones) is 1. The highest BCUT2D eigenvalue weighted by Gasteiger charge is 2.72. The maximum atomic E-state index is 12.3. The van der Waals surface area contributed by atoms with Gasteiger partial charge in [0.15, 0.2) is 0 Å². The van der Waals surface area contributed by atoms with Crippen LogP contribution in [-0.4, -0.2) is 18.4 Å². The fraction of sp³-hybridized carbons (Fsp3) is 0.867. The van der Waals surface area contributed by atoms with E-state index < -0.39 is 0 Å². The second-order valence-corrected chi connectivity index (χ2v) is 7.47. The van der Waals surface area contributed by atoms with Gasteiger partial charge >= 0.3 is 5.97 Å². The van der Waals surface area contributed by atoms with Crippen LogP contribution in [0.25, 0.3) is 0 Å². The Balaban J connectivity index is 1.90. The van der Waals surface area contributed by atoms with E-state index in [4.69, 9.17) is 4.74 Å². The van der Waals surface area contributed by atoms with E-state index in [2.05, 4.69) is 13.8 Å². The number of hydrogen-bond acceptors (Lipinski definition) is 3. The number of ether oxygens (including phenoxy) is 1. The van der Waals surface area contributed by atoms with Crippen molar-refractivity contribution in [2.75, 3.05) is 6.61 Å². The summed E-state index contributed by atoms with van der Waals surface area (Å²) in [6.07, 6.45) is 3.78. The Labute approximate surface area is 107 Å². The molecule has 1 heterocycles. The maximum absolute atomic E-state index is 12.3. The molecule has 0 radical (unpaired) electrons. The molecule has 3 saturated carbocycles. The SMILES string of the molecule is CC1(C)C[C@]23[C@@H]4CC[C@@H]1[C@@H]2CC(=O)[C@@H]3COC4=O. The second kappa shape index (κ2) is 3.00. The monoisotopic (exact) mass is 248 g/mol. The minimum Gasteiger partial charge on any atom is -0.465 e. The van der Waals surface area contributed by atoms with Crippen LogP contribution in [0.1, 0.15) is 39.5 Å². The number of hydrogen-bond donors (Lipinski definition) is 0. The van der Waals surface area contributed by atoms with Gasteiger partial charge in [-0.15, -0.1) is 0 Å². The van der Waals surface area contributed by atoms with Crippen molar-refractivity contribution in [3.63, 3.8) is 0 Å². The zero-order chi connectivity index (χ0) is 12.7. The standard InChI is InChI=1S/C15H20O3/c1-14(2)7-15-9-4-3-8(14)10(15)5-12(16)11(15)6-18-13(9)17/h8-11H,3-7H2,1-2H3/t8-,9-,10+,11+,15+/m1/s1. The molecule has 3 aliphatic carbocycles. The molecule has 4 rings (SSSR count). The van der Waals surface area contributed by atoms with Crippen molar-refractivity contribution in [2.45, 2.75) is 39.5 Å². The molecule has 0 aromatic heterocycles. The molecule has 18 heavy (non-hydrogen) atoms. The molecule has 0 unspecified atom stereocenters. The fourth-order valence-corrected chi connectivity index (χ4v) is 6.03. The van der Waals surface area contributed by atoms with E-state index in [1.807, 2.05) is 0 Å². The Morgan fingerprint density at radius 2 is 1.89 bits per heavy atom. The van der Waals surface area contributed by atoms with Gasteiger partial charge in [-0.1, -0.05) is 13.8 Å². The van der Waals surface area contributed by atoms with Gasteiger partial charge in [0.25, 0.3) is 0 Å². The molecule has 98 valence electrons. The Bertz CT molecular complexity index is 451. The van der Waals surface area contributed by atoms with Gasteiger partial charge in [0.1, 0.15) is 12.4 Å². The molecule has 0 aromatic rings. The van der Waals surface area contributed by atoms with Gasteiger partial charge in [-0.2, -0.15) is 0 Å². The van der Waals surface area contributed by atoms with Crippen molar-refractivity contribution in [3.8, 4) is 0 Å². The smallest absolute Gasteiger partial charge is 0.309 e. The number of ketones is 1. The van der Waals surface area contributed by atoms with Gasteiger partial charge in [0, 0.05) is 11.8 Å². The van der Waals surface area contributed by atoms with Crippen molar-refractivity contribution < 1.29 is 14.3 Å². The van der Waals surface area contributed by atoms with Crippen LogP contribution < -0.4 is 0 Å². The average molecular weight is 248 g/mol. The van der Waals surface area contributed by atoms with Gasteiger partial charge in [-0.05, 0) is 36.5 Å². The van der Waals surface area contributed by atoms with Gasteiger partial charge in [-0.3, -0.25) is 9.59 Å². The highest BCUT2D eigenvalue weighted by Crippen LogP contribution is 2.73. The van der Waals surface area contributed by atoms with Gasteiger partial charge in [-0.25, -0.2) is 0 Å². The topological polar surface area (TPSA) is 43.4 Å². The van der Waals surface area contributed by atoms with Crippen molar-refractivity contribution in [1.82, 2.24) is 0 Å². The summed E-state index contributed by atoms with van der Waals surface area (Å²) in [4.78, 5) is 24.4. The first-order valence-corrected chi connectivity index (χ1v) is 7.16. The third-order valence-electron chi connectivity index (χ3n) is 6.49. The lowest BCUT2D eigenvalue weighted by atomic mass is 9.58. The zero-order valence-electron chi connectivity index (χ0n) is 11.1. The highest BCUT2D eigenvalue weighted by atomic mass is 16.5. The molecule has 1 aliphatic heterocycles. The van der Waals surface area contributed by atoms with E-state index in [1.165, 1.54) is 0 Å². The van der Waals surface area contributed by atoms with Crippen molar-refractivity contribution in [2.24, 2.45) is 34.5 Å². The van der Waals surface area contributed by atoms with E-state index in [0.29, 0.717) is 30.6 Å². The first-order chi connectivity index (χ1) is 8.47. The molecular formula is C15H20O3. The van der Waals surface area contributed by atoms with Crippen LogP contribution in [0.4, 0.5) is 0 Å². The predicted octanol–water partition coefficient (Wildman–Crippen LogP) is 2.19. The predicted molar refractivity (Wildman–Crippen MR) is 64.6 cm³/mol. The first kappa shape index (κ1) is 11.0. The minimum atomic E-state index is -0.0289. The van der Waals surface area contributed by atoms with Crippen molar-refractivity contribution in [3.05, 3.63) is 0 Å². The molecule has 2 bridgehead atoms. The van der Waals surface area contributed by atoms with E-state index in [9.17, 15) is 9.59 Å². The second-order valence-electron chi connectivity index (χ2n) is 7.47. The Morgan fingerprint density at radius 3 is 2.67 bits per heavy atom. The van der Waals surface area contributed by atoms with E-state index in [0.717, 1.165) is 19.3 Å². The summed E-state index contributed by atoms with van der Waals surface area (Å²) < 4.78 is 5.30. The Kier molecular flexibility index (Phi) is 1.83. The van der Waals surface area contributed by atoms with E-state index in [-0.39, 0.29) is 28.6 Å². The molecule has 4 fully saturated rings. The van der Waals surface area contributed by atoms with Crippen molar-refractivity contribution in [1.29, 1.82) is 0 Å². The molecule has 3 heteroatoms. The van der Waals surface area contributed by atoms with Gasteiger partial charge in [0.05, 0.1) is 11.8 Å². The Hall–Kier alpha value is -0.860. The summed E-state index contributed by atoms with van der Waals surface area (Å²) in [5.41, 5.74) is 0.259. The van der Waals surface area contributed by atoms with E-state index in [1.54, 1.807) is 0 Å². The van der Waals surface area contributed by atoms with Gasteiger partial charge < -0.3 is 4.74 Å². The normalized spacial score (nSPS) is 52.1. The quantitative estimate of drug-likeness (QED) is 0.617. The lowest BCUT2D eigenvalue weighted by molar-refractivity contribution is -0.175. The van der Waals surface area contributed by atoms with Crippen LogP contribution in [0, 0.1) is 34.5 Å². The van der Waals surface area contributed by atoms with Crippen LogP contribution in [0.5, 0.6) is 0 Å². The van der Waals surface area contributed by atoms with Crippen molar-refractivity contribution >= 4 is 11.8 Å². The average Bonchev–Trinajstić information content (AvgIpc) is 2.60. The summed E-state index contributed by atoms with van der Waals surface area (Å²) in [6, 6.07) is 0. The third-order valence-corrected chi connectivity index (χ3v) is 6.49. The van der Waals surface area contributed by atoms with Crippen LogP contribution >= 0.6 is 0 Å². The van der Waals surface area contributed by atoms with E-state index >= 15 is 0 Å². The summed E-state index contributed by atoms with van der Waals surface area (Å²) in [5.74, 6) is 1.44. The lowest BCUT2D eigenvalue weighted by Gasteiger charge is -2.47. The molecule has 5 atom stereocenters. The number of esters is 1. The maximum Gasteiger partial charge on any atom is 0.309 e. The van der Waals surface area contributed by atoms with Crippen LogP contribution in [0.2, 0.25) is 0 Å². The minimum absolute atomic E-state index is 0.00530. The summed E-state index contributed by atoms with van der Waals surface area (Å²) >= 11 is 0. The fourth-order valence-electron chi connectivity index (χ4n) is 6.03. The lowest BCUT2D eigenvalue weighted by Crippen LogP contribution is -2.51. The molecule has 1 saturated heterocycles. The molecule has 3 nitrogen and oxygen atoms in total. The molecular weight excluding hydrogens is 228 g/mol. The highest BCUT2D eigenvalue weighted by molar-refractivity contribution is 5.89. The summed E-state index contributed by atoms with van der Waals surface area (Å²) in [7, 11) is 0. The number of Topliss-reactive ketones (excluding diaryl/α,β-unsaturated/α-hetero) is 1. The first-order valence-electron chi connectivity index (χ1n) is 7.16. The number of carbonyl (C=O) groups excluding carboxylic acids is 2. The van der Waals surface area contributed by atoms with Crippen LogP contribution in [0.15, 0.2) is 0 Å². The summed E-state index contributed by atoms with van der Waals surface area (Å²) in [5, 5.41) is 0. The van der Waals surface area contributed by atoms with Gasteiger partial charge in [0.2, 0.25) is 0 Å². The molecule has 0 aromatic carbocycles.